The van der Waals surface area contributed by atoms with Crippen molar-refractivity contribution in [2.45, 2.75) is 70.3 Å². The number of piperidine rings is 1. The summed E-state index contributed by atoms with van der Waals surface area (Å²) in [5.74, 6) is 3.14. The summed E-state index contributed by atoms with van der Waals surface area (Å²) in [5, 5.41) is 4.20. The topological polar surface area (TPSA) is 45.4 Å². The standard InChI is InChI=1S/C19H32N4O/c1-15(19-20-18(21-24-19)17-8-9-17)23-12-6-7-16(14-23)13-22-10-4-2-3-5-11-22/h15-17H,2-14H2,1H3/t15-,16+/m0/s1. The van der Waals surface area contributed by atoms with Gasteiger partial charge in [0.25, 0.3) is 0 Å². The second kappa shape index (κ2) is 7.52. The first-order valence-electron chi connectivity index (χ1n) is 10.1. The van der Waals surface area contributed by atoms with Crippen LogP contribution in [0.1, 0.15) is 82.0 Å². The quantitative estimate of drug-likeness (QED) is 0.824. The molecule has 3 aliphatic rings. The van der Waals surface area contributed by atoms with Crippen molar-refractivity contribution in [2.75, 3.05) is 32.7 Å². The molecule has 0 bridgehead atoms. The summed E-state index contributed by atoms with van der Waals surface area (Å²) in [7, 11) is 0. The Kier molecular flexibility index (Phi) is 5.18. The zero-order valence-electron chi connectivity index (χ0n) is 15.1. The molecule has 0 radical (unpaired) electrons. The minimum absolute atomic E-state index is 0.261. The predicted molar refractivity (Wildman–Crippen MR) is 93.9 cm³/mol. The molecule has 3 fully saturated rings. The molecule has 1 aromatic rings. The predicted octanol–water partition coefficient (Wildman–Crippen LogP) is 3.60. The van der Waals surface area contributed by atoms with E-state index < -0.39 is 0 Å². The van der Waals surface area contributed by atoms with Crippen molar-refractivity contribution in [3.05, 3.63) is 11.7 Å². The van der Waals surface area contributed by atoms with Gasteiger partial charge in [-0.15, -0.1) is 0 Å². The zero-order chi connectivity index (χ0) is 16.4. The highest BCUT2D eigenvalue weighted by molar-refractivity contribution is 5.05. The van der Waals surface area contributed by atoms with Gasteiger partial charge >= 0.3 is 0 Å². The third kappa shape index (κ3) is 3.99. The summed E-state index contributed by atoms with van der Waals surface area (Å²) < 4.78 is 5.57. The molecular weight excluding hydrogens is 300 g/mol. The van der Waals surface area contributed by atoms with Crippen LogP contribution in [-0.4, -0.2) is 52.7 Å². The van der Waals surface area contributed by atoms with Crippen LogP contribution in [0.3, 0.4) is 0 Å². The van der Waals surface area contributed by atoms with Gasteiger partial charge in [0.2, 0.25) is 5.89 Å². The van der Waals surface area contributed by atoms with E-state index in [1.807, 2.05) is 0 Å². The van der Waals surface area contributed by atoms with Crippen LogP contribution in [0.5, 0.6) is 0 Å². The molecule has 134 valence electrons. The lowest BCUT2D eigenvalue weighted by Gasteiger charge is -2.37. The van der Waals surface area contributed by atoms with E-state index >= 15 is 0 Å². The van der Waals surface area contributed by atoms with Crippen molar-refractivity contribution in [1.29, 1.82) is 0 Å². The van der Waals surface area contributed by atoms with E-state index in [1.165, 1.54) is 84.1 Å². The van der Waals surface area contributed by atoms with Gasteiger partial charge in [-0.2, -0.15) is 4.98 Å². The smallest absolute Gasteiger partial charge is 0.243 e. The first kappa shape index (κ1) is 16.5. The van der Waals surface area contributed by atoms with Crippen molar-refractivity contribution in [3.63, 3.8) is 0 Å². The highest BCUT2D eigenvalue weighted by Gasteiger charge is 2.32. The lowest BCUT2D eigenvalue weighted by molar-refractivity contribution is 0.0906. The molecule has 2 atom stereocenters. The number of nitrogens with zero attached hydrogens (tertiary/aromatic N) is 4. The van der Waals surface area contributed by atoms with Gasteiger partial charge in [0.05, 0.1) is 6.04 Å². The Balaban J connectivity index is 1.33. The van der Waals surface area contributed by atoms with Gasteiger partial charge in [0.15, 0.2) is 5.82 Å². The van der Waals surface area contributed by atoms with Gasteiger partial charge in [0.1, 0.15) is 0 Å². The highest BCUT2D eigenvalue weighted by Crippen LogP contribution is 2.39. The van der Waals surface area contributed by atoms with Gasteiger partial charge < -0.3 is 9.42 Å². The number of likely N-dealkylation sites (tertiary alicyclic amines) is 2. The van der Waals surface area contributed by atoms with Crippen molar-refractivity contribution in [3.8, 4) is 0 Å². The molecular formula is C19H32N4O. The summed E-state index contributed by atoms with van der Waals surface area (Å²) in [6, 6.07) is 0.261. The minimum Gasteiger partial charge on any atom is -0.338 e. The monoisotopic (exact) mass is 332 g/mol. The Labute approximate surface area is 145 Å². The van der Waals surface area contributed by atoms with Crippen LogP contribution in [0.15, 0.2) is 4.52 Å². The van der Waals surface area contributed by atoms with Crippen LogP contribution >= 0.6 is 0 Å². The molecule has 2 saturated heterocycles. The van der Waals surface area contributed by atoms with E-state index in [2.05, 4.69) is 26.9 Å². The fraction of sp³-hybridized carbons (Fsp3) is 0.895. The molecule has 1 saturated carbocycles. The molecule has 0 amide bonds. The molecule has 3 heterocycles. The van der Waals surface area contributed by atoms with Crippen LogP contribution < -0.4 is 0 Å². The average Bonchev–Trinajstić information content (AvgIpc) is 3.39. The van der Waals surface area contributed by atoms with E-state index in [4.69, 9.17) is 4.52 Å². The van der Waals surface area contributed by atoms with Crippen molar-refractivity contribution >= 4 is 0 Å². The zero-order valence-corrected chi connectivity index (χ0v) is 15.1. The highest BCUT2D eigenvalue weighted by atomic mass is 16.5. The maximum atomic E-state index is 5.57. The number of hydrogen-bond acceptors (Lipinski definition) is 5. The Morgan fingerprint density at radius 1 is 1.04 bits per heavy atom. The second-order valence-corrected chi connectivity index (χ2v) is 8.16. The second-order valence-electron chi connectivity index (χ2n) is 8.16. The molecule has 5 nitrogen and oxygen atoms in total. The summed E-state index contributed by atoms with van der Waals surface area (Å²) in [4.78, 5) is 9.95. The van der Waals surface area contributed by atoms with Gasteiger partial charge in [0, 0.05) is 19.0 Å². The SMILES string of the molecule is C[C@@H](c1nc(C2CC2)no1)N1CCC[C@H](CN2CCCCCC2)C1. The molecule has 5 heteroatoms. The molecule has 0 aromatic carbocycles. The number of rotatable bonds is 5. The minimum atomic E-state index is 0.261. The van der Waals surface area contributed by atoms with E-state index in [0.717, 1.165) is 17.6 Å². The molecule has 1 aromatic heterocycles. The molecule has 24 heavy (non-hydrogen) atoms. The summed E-state index contributed by atoms with van der Waals surface area (Å²) in [6.07, 6.45) is 10.8. The van der Waals surface area contributed by atoms with Crippen LogP contribution in [0.25, 0.3) is 0 Å². The third-order valence-electron chi connectivity index (χ3n) is 6.07. The first-order valence-corrected chi connectivity index (χ1v) is 10.1. The van der Waals surface area contributed by atoms with E-state index in [9.17, 15) is 0 Å². The van der Waals surface area contributed by atoms with Crippen LogP contribution in [0, 0.1) is 5.92 Å². The van der Waals surface area contributed by atoms with Gasteiger partial charge in [-0.25, -0.2) is 0 Å². The van der Waals surface area contributed by atoms with Gasteiger partial charge in [-0.05, 0) is 71.0 Å². The van der Waals surface area contributed by atoms with Crippen LogP contribution in [-0.2, 0) is 0 Å². The molecule has 0 spiro atoms. The van der Waals surface area contributed by atoms with E-state index in [-0.39, 0.29) is 6.04 Å². The first-order chi connectivity index (χ1) is 11.8. The summed E-state index contributed by atoms with van der Waals surface area (Å²) in [6.45, 7) is 8.47. The third-order valence-corrected chi connectivity index (χ3v) is 6.07. The van der Waals surface area contributed by atoms with Crippen LogP contribution in [0.2, 0.25) is 0 Å². The number of aromatic nitrogens is 2. The Morgan fingerprint density at radius 2 is 1.83 bits per heavy atom. The van der Waals surface area contributed by atoms with Gasteiger partial charge in [-0.3, -0.25) is 4.90 Å². The van der Waals surface area contributed by atoms with Crippen molar-refractivity contribution in [1.82, 2.24) is 19.9 Å². The maximum Gasteiger partial charge on any atom is 0.243 e. The molecule has 0 N–H and O–H groups in total. The molecule has 2 aliphatic heterocycles. The van der Waals surface area contributed by atoms with E-state index in [1.54, 1.807) is 0 Å². The molecule has 4 rings (SSSR count). The molecule has 0 unspecified atom stereocenters. The van der Waals surface area contributed by atoms with Gasteiger partial charge in [-0.1, -0.05) is 18.0 Å². The molecule has 1 aliphatic carbocycles. The maximum absolute atomic E-state index is 5.57. The van der Waals surface area contributed by atoms with Crippen molar-refractivity contribution < 1.29 is 4.52 Å². The van der Waals surface area contributed by atoms with E-state index in [0.29, 0.717) is 5.92 Å². The number of hydrogen-bond donors (Lipinski definition) is 0. The Morgan fingerprint density at radius 3 is 2.58 bits per heavy atom. The average molecular weight is 332 g/mol. The summed E-state index contributed by atoms with van der Waals surface area (Å²) >= 11 is 0. The fourth-order valence-corrected chi connectivity index (χ4v) is 4.36. The van der Waals surface area contributed by atoms with Crippen LogP contribution in [0.4, 0.5) is 0 Å². The summed E-state index contributed by atoms with van der Waals surface area (Å²) in [5.41, 5.74) is 0. The Hall–Kier alpha value is -0.940. The lowest BCUT2D eigenvalue weighted by Crippen LogP contribution is -2.42. The normalized spacial score (nSPS) is 28.6. The van der Waals surface area contributed by atoms with Crippen molar-refractivity contribution in [2.24, 2.45) is 5.92 Å². The fourth-order valence-electron chi connectivity index (χ4n) is 4.36. The lowest BCUT2D eigenvalue weighted by atomic mass is 9.96. The Bertz CT molecular complexity index is 519. The largest absolute Gasteiger partial charge is 0.338 e.